The Morgan fingerprint density at radius 1 is 1.36 bits per heavy atom. The molecule has 2 heteroatoms. The quantitative estimate of drug-likeness (QED) is 0.695. The van der Waals surface area contributed by atoms with Gasteiger partial charge in [-0.15, -0.1) is 0 Å². The van der Waals surface area contributed by atoms with E-state index in [9.17, 15) is 9.50 Å². The van der Waals surface area contributed by atoms with Gasteiger partial charge in [-0.3, -0.25) is 4.39 Å². The molecule has 1 N–H and O–H groups in total. The number of halogens is 1. The third-order valence-electron chi connectivity index (χ3n) is 6.95. The van der Waals surface area contributed by atoms with Crippen LogP contribution in [0.15, 0.2) is 22.3 Å². The first kappa shape index (κ1) is 16.2. The van der Waals surface area contributed by atoms with Crippen LogP contribution in [-0.2, 0) is 0 Å². The lowest BCUT2D eigenvalue weighted by Crippen LogP contribution is -2.33. The first-order valence-corrected chi connectivity index (χ1v) is 9.02. The van der Waals surface area contributed by atoms with E-state index >= 15 is 0 Å². The highest BCUT2D eigenvalue weighted by molar-refractivity contribution is 5.36. The normalized spacial score (nSPS) is 40.4. The fourth-order valence-electron chi connectivity index (χ4n) is 5.28. The molecule has 0 radical (unpaired) electrons. The minimum Gasteiger partial charge on any atom is -0.392 e. The van der Waals surface area contributed by atoms with Crippen molar-refractivity contribution < 1.29 is 9.50 Å². The number of fused-ring (bicyclic) bond motifs is 2. The largest absolute Gasteiger partial charge is 0.392 e. The molecule has 124 valence electrons. The van der Waals surface area contributed by atoms with Crippen molar-refractivity contribution in [1.82, 2.24) is 0 Å². The van der Waals surface area contributed by atoms with E-state index in [0.717, 1.165) is 25.7 Å². The molecule has 0 aromatic carbocycles. The second kappa shape index (κ2) is 5.78. The lowest BCUT2D eigenvalue weighted by Gasteiger charge is -2.39. The molecule has 0 aliphatic heterocycles. The molecule has 5 atom stereocenters. The molecule has 3 aliphatic rings. The molecule has 3 rings (SSSR count). The molecule has 0 bridgehead atoms. The molecule has 3 aliphatic carbocycles. The third kappa shape index (κ3) is 2.48. The summed E-state index contributed by atoms with van der Waals surface area (Å²) in [5.41, 5.74) is 6.02. The van der Waals surface area contributed by atoms with E-state index in [1.165, 1.54) is 24.0 Å². The maximum atomic E-state index is 13.2. The van der Waals surface area contributed by atoms with Crippen molar-refractivity contribution in [2.24, 2.45) is 23.2 Å². The highest BCUT2D eigenvalue weighted by atomic mass is 19.1. The van der Waals surface area contributed by atoms with Crippen molar-refractivity contribution in [2.75, 3.05) is 6.67 Å². The summed E-state index contributed by atoms with van der Waals surface area (Å²) in [6.07, 6.45) is 6.18. The minimum atomic E-state index is -0.277. The van der Waals surface area contributed by atoms with Crippen LogP contribution in [0, 0.1) is 23.2 Å². The average molecular weight is 306 g/mol. The molecule has 22 heavy (non-hydrogen) atoms. The van der Waals surface area contributed by atoms with Gasteiger partial charge < -0.3 is 5.11 Å². The van der Waals surface area contributed by atoms with Crippen molar-refractivity contribution in [3.8, 4) is 0 Å². The minimum absolute atomic E-state index is 0.0215. The maximum absolute atomic E-state index is 13.2. The number of rotatable bonds is 2. The highest BCUT2D eigenvalue weighted by Gasteiger charge is 2.45. The van der Waals surface area contributed by atoms with Crippen LogP contribution in [0.4, 0.5) is 4.39 Å². The van der Waals surface area contributed by atoms with E-state index in [-0.39, 0.29) is 24.1 Å². The van der Waals surface area contributed by atoms with Gasteiger partial charge in [0.15, 0.2) is 0 Å². The van der Waals surface area contributed by atoms with Gasteiger partial charge in [-0.25, -0.2) is 0 Å². The number of hydrogen-bond donors (Lipinski definition) is 1. The van der Waals surface area contributed by atoms with Crippen LogP contribution in [0.5, 0.6) is 0 Å². The van der Waals surface area contributed by atoms with E-state index in [4.69, 9.17) is 0 Å². The standard InChI is InChI=1S/C20H31FO/c1-12-5-6-16-14(3)19(22)9-18-15(13(2)11-21)7-8-20(18,4)10-17(12)16/h13-14,16,19,22H,5-11H2,1-4H3/t13-,14+,16-,19-,20+/m0/s1. The zero-order valence-corrected chi connectivity index (χ0v) is 14.6. The molecule has 0 spiro atoms. The van der Waals surface area contributed by atoms with E-state index in [1.54, 1.807) is 11.1 Å². The lowest BCUT2D eigenvalue weighted by atomic mass is 9.67. The second-order valence-corrected chi connectivity index (χ2v) is 8.38. The monoisotopic (exact) mass is 306 g/mol. The van der Waals surface area contributed by atoms with Crippen molar-refractivity contribution in [3.05, 3.63) is 22.3 Å². The predicted octanol–water partition coefficient (Wildman–Crippen LogP) is 5.21. The summed E-state index contributed by atoms with van der Waals surface area (Å²) in [5.74, 6) is 0.913. The van der Waals surface area contributed by atoms with Gasteiger partial charge in [0.2, 0.25) is 0 Å². The van der Waals surface area contributed by atoms with Crippen LogP contribution in [0.2, 0.25) is 0 Å². The number of hydrogen-bond acceptors (Lipinski definition) is 1. The molecule has 1 fully saturated rings. The SMILES string of the molecule is CC1=C2C[C@@]3(C)CCC([C@@H](C)CF)=C3C[C@H](O)[C@H](C)[C@@H]2CC1. The molecule has 1 saturated carbocycles. The smallest absolute Gasteiger partial charge is 0.0957 e. The van der Waals surface area contributed by atoms with E-state index in [2.05, 4.69) is 20.8 Å². The second-order valence-electron chi connectivity index (χ2n) is 8.38. The molecule has 0 aromatic heterocycles. The van der Waals surface area contributed by atoms with Gasteiger partial charge in [-0.05, 0) is 62.7 Å². The van der Waals surface area contributed by atoms with Gasteiger partial charge >= 0.3 is 0 Å². The molecule has 0 amide bonds. The van der Waals surface area contributed by atoms with Crippen LogP contribution in [0.1, 0.15) is 66.2 Å². The Morgan fingerprint density at radius 2 is 2.09 bits per heavy atom. The number of aliphatic hydroxyl groups is 1. The molecular formula is C20H31FO. The predicted molar refractivity (Wildman–Crippen MR) is 89.3 cm³/mol. The fourth-order valence-corrected chi connectivity index (χ4v) is 5.28. The van der Waals surface area contributed by atoms with Gasteiger partial charge in [-0.1, -0.05) is 43.1 Å². The summed E-state index contributed by atoms with van der Waals surface area (Å²) < 4.78 is 13.2. The van der Waals surface area contributed by atoms with Crippen LogP contribution < -0.4 is 0 Å². The van der Waals surface area contributed by atoms with Crippen molar-refractivity contribution in [2.45, 2.75) is 72.3 Å². The zero-order chi connectivity index (χ0) is 16.1. The molecule has 1 nitrogen and oxygen atoms in total. The summed E-state index contributed by atoms with van der Waals surface area (Å²) in [4.78, 5) is 0. The Morgan fingerprint density at radius 3 is 2.77 bits per heavy atom. The summed E-state index contributed by atoms with van der Waals surface area (Å²) in [6.45, 7) is 8.59. The average Bonchev–Trinajstić information content (AvgIpc) is 2.99. The summed E-state index contributed by atoms with van der Waals surface area (Å²) in [5, 5.41) is 10.8. The number of aliphatic hydroxyl groups excluding tert-OH is 1. The topological polar surface area (TPSA) is 20.2 Å². The van der Waals surface area contributed by atoms with Crippen LogP contribution in [0.25, 0.3) is 0 Å². The number of allylic oxidation sites excluding steroid dienone is 3. The first-order chi connectivity index (χ1) is 10.4. The molecular weight excluding hydrogens is 275 g/mol. The van der Waals surface area contributed by atoms with E-state index in [1.807, 2.05) is 6.92 Å². The molecule has 0 aromatic rings. The van der Waals surface area contributed by atoms with Gasteiger partial charge in [0.05, 0.1) is 12.8 Å². The number of alkyl halides is 1. The van der Waals surface area contributed by atoms with E-state index in [0.29, 0.717) is 11.8 Å². The third-order valence-corrected chi connectivity index (χ3v) is 6.95. The van der Waals surface area contributed by atoms with Crippen LogP contribution in [0.3, 0.4) is 0 Å². The summed E-state index contributed by atoms with van der Waals surface area (Å²) >= 11 is 0. The highest BCUT2D eigenvalue weighted by Crippen LogP contribution is 2.56. The Balaban J connectivity index is 2.04. The molecule has 0 unspecified atom stereocenters. The van der Waals surface area contributed by atoms with Gasteiger partial charge in [-0.2, -0.15) is 0 Å². The van der Waals surface area contributed by atoms with Crippen molar-refractivity contribution >= 4 is 0 Å². The van der Waals surface area contributed by atoms with Crippen LogP contribution >= 0.6 is 0 Å². The maximum Gasteiger partial charge on any atom is 0.0957 e. The van der Waals surface area contributed by atoms with Crippen molar-refractivity contribution in [3.63, 3.8) is 0 Å². The van der Waals surface area contributed by atoms with Crippen molar-refractivity contribution in [1.29, 1.82) is 0 Å². The molecule has 0 saturated heterocycles. The lowest BCUT2D eigenvalue weighted by molar-refractivity contribution is 0.0774. The molecule has 0 heterocycles. The first-order valence-electron chi connectivity index (χ1n) is 9.02. The summed E-state index contributed by atoms with van der Waals surface area (Å²) in [7, 11) is 0. The summed E-state index contributed by atoms with van der Waals surface area (Å²) in [6, 6.07) is 0. The van der Waals surface area contributed by atoms with E-state index < -0.39 is 0 Å². The van der Waals surface area contributed by atoms with Gasteiger partial charge in [0.25, 0.3) is 0 Å². The van der Waals surface area contributed by atoms with Gasteiger partial charge in [0.1, 0.15) is 0 Å². The Hall–Kier alpha value is -0.630. The Labute approximate surface area is 134 Å². The Kier molecular flexibility index (Phi) is 4.26. The fraction of sp³-hybridized carbons (Fsp3) is 0.800. The zero-order valence-electron chi connectivity index (χ0n) is 14.6. The van der Waals surface area contributed by atoms with Crippen LogP contribution in [-0.4, -0.2) is 17.9 Å². The Bertz CT molecular complexity index is 518. The van der Waals surface area contributed by atoms with Gasteiger partial charge in [0, 0.05) is 5.92 Å².